The van der Waals surface area contributed by atoms with Crippen LogP contribution < -0.4 is 5.32 Å². The minimum atomic E-state index is 0.000286. The number of hydrogen-bond acceptors (Lipinski definition) is 4. The summed E-state index contributed by atoms with van der Waals surface area (Å²) in [4.78, 5) is 12.0. The Bertz CT molecular complexity index is 806. The van der Waals surface area contributed by atoms with Gasteiger partial charge in [-0.05, 0) is 31.5 Å². The van der Waals surface area contributed by atoms with Crippen LogP contribution in [0.15, 0.2) is 36.7 Å². The lowest BCUT2D eigenvalue weighted by Crippen LogP contribution is -2.30. The van der Waals surface area contributed by atoms with Crippen molar-refractivity contribution in [1.82, 2.24) is 30.1 Å². The normalized spacial score (nSPS) is 12.4. The van der Waals surface area contributed by atoms with Crippen molar-refractivity contribution in [2.24, 2.45) is 0 Å². The fraction of sp³-hybridized carbons (Fsp3) is 0.375. The van der Waals surface area contributed by atoms with Gasteiger partial charge in [-0.2, -0.15) is 5.10 Å². The number of carbonyl (C=O) groups excluding carboxylic acids is 1. The first-order chi connectivity index (χ1) is 11.1. The molecule has 1 N–H and O–H groups in total. The molecule has 2 aromatic heterocycles. The Balaban J connectivity index is 1.50. The summed E-state index contributed by atoms with van der Waals surface area (Å²) in [5.74, 6) is 0.000286. The Morgan fingerprint density at radius 3 is 2.96 bits per heavy atom. The van der Waals surface area contributed by atoms with Crippen LogP contribution in [-0.2, 0) is 11.3 Å². The number of nitrogens with zero attached hydrogens (tertiary/aromatic N) is 5. The van der Waals surface area contributed by atoms with E-state index in [2.05, 4.69) is 20.7 Å². The van der Waals surface area contributed by atoms with Gasteiger partial charge in [0.25, 0.3) is 0 Å². The monoisotopic (exact) mass is 312 g/mol. The Hall–Kier alpha value is -2.70. The van der Waals surface area contributed by atoms with Gasteiger partial charge in [-0.3, -0.25) is 9.48 Å². The van der Waals surface area contributed by atoms with Crippen LogP contribution in [0.3, 0.4) is 0 Å². The number of amides is 1. The number of aryl methyl sites for hydroxylation is 2. The summed E-state index contributed by atoms with van der Waals surface area (Å²) in [6.07, 6.45) is 4.16. The van der Waals surface area contributed by atoms with E-state index in [0.29, 0.717) is 19.5 Å². The summed E-state index contributed by atoms with van der Waals surface area (Å²) in [5.41, 5.74) is 2.90. The third kappa shape index (κ3) is 3.56. The highest BCUT2D eigenvalue weighted by atomic mass is 16.1. The standard InChI is InChI=1S/C16H20N6O/c1-12-9-18-22(11-12)13(2)10-17-16(23)7-8-21-15-6-4-3-5-14(15)19-20-21/h3-6,9,11,13H,7-8,10H2,1-2H3,(H,17,23)/t13-/m1/s1. The number of hydrogen-bond donors (Lipinski definition) is 1. The van der Waals surface area contributed by atoms with Gasteiger partial charge in [0.15, 0.2) is 0 Å². The molecule has 1 atom stereocenters. The van der Waals surface area contributed by atoms with Crippen LogP contribution in [0.4, 0.5) is 0 Å². The molecule has 0 aliphatic rings. The average molecular weight is 312 g/mol. The Labute approximate surface area is 134 Å². The lowest BCUT2D eigenvalue weighted by molar-refractivity contribution is -0.121. The fourth-order valence-corrected chi connectivity index (χ4v) is 2.41. The van der Waals surface area contributed by atoms with Gasteiger partial charge in [0.1, 0.15) is 5.52 Å². The van der Waals surface area contributed by atoms with Crippen LogP contribution >= 0.6 is 0 Å². The molecule has 23 heavy (non-hydrogen) atoms. The molecule has 0 aliphatic heterocycles. The van der Waals surface area contributed by atoms with Gasteiger partial charge in [0.05, 0.1) is 24.3 Å². The first-order valence-electron chi connectivity index (χ1n) is 7.69. The zero-order chi connectivity index (χ0) is 16.2. The van der Waals surface area contributed by atoms with Gasteiger partial charge in [-0.15, -0.1) is 5.10 Å². The molecule has 0 saturated carbocycles. The molecule has 1 amide bonds. The lowest BCUT2D eigenvalue weighted by Gasteiger charge is -2.13. The third-order valence-electron chi connectivity index (χ3n) is 3.75. The molecule has 7 nitrogen and oxygen atoms in total. The molecule has 0 radical (unpaired) electrons. The van der Waals surface area contributed by atoms with Gasteiger partial charge in [-0.25, -0.2) is 4.68 Å². The second kappa shape index (κ2) is 6.60. The van der Waals surface area contributed by atoms with Gasteiger partial charge < -0.3 is 5.32 Å². The summed E-state index contributed by atoms with van der Waals surface area (Å²) in [6, 6.07) is 7.85. The van der Waals surface area contributed by atoms with Crippen molar-refractivity contribution in [2.75, 3.05) is 6.54 Å². The maximum absolute atomic E-state index is 12.0. The molecule has 7 heteroatoms. The molecule has 3 rings (SSSR count). The topological polar surface area (TPSA) is 77.6 Å². The number of rotatable bonds is 6. The Morgan fingerprint density at radius 1 is 1.35 bits per heavy atom. The van der Waals surface area contributed by atoms with Crippen molar-refractivity contribution in [3.63, 3.8) is 0 Å². The van der Waals surface area contributed by atoms with E-state index < -0.39 is 0 Å². The smallest absolute Gasteiger partial charge is 0.221 e. The minimum Gasteiger partial charge on any atom is -0.354 e. The van der Waals surface area contributed by atoms with Crippen molar-refractivity contribution in [3.05, 3.63) is 42.2 Å². The summed E-state index contributed by atoms with van der Waals surface area (Å²) in [7, 11) is 0. The number of fused-ring (bicyclic) bond motifs is 1. The molecular weight excluding hydrogens is 292 g/mol. The maximum Gasteiger partial charge on any atom is 0.221 e. The van der Waals surface area contributed by atoms with E-state index in [1.165, 1.54) is 0 Å². The fourth-order valence-electron chi connectivity index (χ4n) is 2.41. The average Bonchev–Trinajstić information content (AvgIpc) is 3.17. The number of aromatic nitrogens is 5. The maximum atomic E-state index is 12.0. The van der Waals surface area contributed by atoms with Crippen molar-refractivity contribution < 1.29 is 4.79 Å². The molecular formula is C16H20N6O. The SMILES string of the molecule is Cc1cnn([C@H](C)CNC(=O)CCn2nnc3ccccc32)c1. The van der Waals surface area contributed by atoms with E-state index >= 15 is 0 Å². The van der Waals surface area contributed by atoms with Gasteiger partial charge in [0, 0.05) is 19.2 Å². The summed E-state index contributed by atoms with van der Waals surface area (Å²) >= 11 is 0. The highest BCUT2D eigenvalue weighted by molar-refractivity contribution is 5.77. The number of carbonyl (C=O) groups is 1. The summed E-state index contributed by atoms with van der Waals surface area (Å²) < 4.78 is 3.62. The first kappa shape index (κ1) is 15.2. The predicted octanol–water partition coefficient (Wildman–Crippen LogP) is 1.70. The second-order valence-corrected chi connectivity index (χ2v) is 5.70. The van der Waals surface area contributed by atoms with Crippen LogP contribution in [0.25, 0.3) is 11.0 Å². The summed E-state index contributed by atoms with van der Waals surface area (Å²) in [6.45, 7) is 5.09. The minimum absolute atomic E-state index is 0.000286. The van der Waals surface area contributed by atoms with Crippen molar-refractivity contribution in [2.45, 2.75) is 32.9 Å². The van der Waals surface area contributed by atoms with Crippen LogP contribution in [0.1, 0.15) is 24.9 Å². The van der Waals surface area contributed by atoms with E-state index in [1.807, 2.05) is 55.2 Å². The lowest BCUT2D eigenvalue weighted by atomic mass is 10.3. The number of para-hydroxylation sites is 1. The number of nitrogens with one attached hydrogen (secondary N) is 1. The molecule has 0 unspecified atom stereocenters. The van der Waals surface area contributed by atoms with E-state index in [-0.39, 0.29) is 11.9 Å². The molecule has 1 aromatic carbocycles. The number of benzene rings is 1. The molecule has 0 saturated heterocycles. The molecule has 120 valence electrons. The van der Waals surface area contributed by atoms with E-state index in [1.54, 1.807) is 4.68 Å². The van der Waals surface area contributed by atoms with Gasteiger partial charge >= 0.3 is 0 Å². The quantitative estimate of drug-likeness (QED) is 0.751. The van der Waals surface area contributed by atoms with E-state index in [4.69, 9.17) is 0 Å². The second-order valence-electron chi connectivity index (χ2n) is 5.70. The predicted molar refractivity (Wildman–Crippen MR) is 86.8 cm³/mol. The zero-order valence-electron chi connectivity index (χ0n) is 13.3. The molecule has 0 bridgehead atoms. The van der Waals surface area contributed by atoms with Crippen LogP contribution in [-0.4, -0.2) is 37.2 Å². The zero-order valence-corrected chi connectivity index (χ0v) is 13.3. The molecule has 2 heterocycles. The van der Waals surface area contributed by atoms with Gasteiger partial charge in [0.2, 0.25) is 5.91 Å². The Morgan fingerprint density at radius 2 is 2.17 bits per heavy atom. The van der Waals surface area contributed by atoms with Crippen molar-refractivity contribution >= 4 is 16.9 Å². The molecule has 0 spiro atoms. The summed E-state index contributed by atoms with van der Waals surface area (Å²) in [5, 5.41) is 15.4. The van der Waals surface area contributed by atoms with E-state index in [9.17, 15) is 4.79 Å². The third-order valence-corrected chi connectivity index (χ3v) is 3.75. The van der Waals surface area contributed by atoms with Gasteiger partial charge in [-0.1, -0.05) is 17.3 Å². The van der Waals surface area contributed by atoms with Crippen LogP contribution in [0, 0.1) is 6.92 Å². The van der Waals surface area contributed by atoms with Crippen LogP contribution in [0.5, 0.6) is 0 Å². The molecule has 0 fully saturated rings. The highest BCUT2D eigenvalue weighted by Crippen LogP contribution is 2.10. The largest absolute Gasteiger partial charge is 0.354 e. The Kier molecular flexibility index (Phi) is 4.36. The van der Waals surface area contributed by atoms with Crippen molar-refractivity contribution in [1.29, 1.82) is 0 Å². The molecule has 0 aliphatic carbocycles. The molecule has 3 aromatic rings. The first-order valence-corrected chi connectivity index (χ1v) is 7.69. The highest BCUT2D eigenvalue weighted by Gasteiger charge is 2.09. The van der Waals surface area contributed by atoms with E-state index in [0.717, 1.165) is 16.6 Å². The van der Waals surface area contributed by atoms with Crippen molar-refractivity contribution in [3.8, 4) is 0 Å². The van der Waals surface area contributed by atoms with Crippen LogP contribution in [0.2, 0.25) is 0 Å².